The maximum absolute atomic E-state index is 13.8. The second kappa shape index (κ2) is 15.8. The molecule has 166 valence electrons. The number of hydrogen-bond donors (Lipinski definition) is 2. The SMILES string of the molecule is CN=C(NCCCOCCOC)NCC(c1cccc(F)c1)N1CCOCC1.I. The average molecular weight is 524 g/mol. The maximum atomic E-state index is 13.8. The van der Waals surface area contributed by atoms with E-state index in [9.17, 15) is 4.39 Å². The molecule has 0 bridgehead atoms. The van der Waals surface area contributed by atoms with Crippen LogP contribution in [0.1, 0.15) is 18.0 Å². The lowest BCUT2D eigenvalue weighted by Gasteiger charge is -2.35. The second-order valence-corrected chi connectivity index (χ2v) is 6.56. The third-order valence-electron chi connectivity index (χ3n) is 4.60. The number of halogens is 2. The van der Waals surface area contributed by atoms with Crippen LogP contribution in [0.15, 0.2) is 29.3 Å². The van der Waals surface area contributed by atoms with Crippen LogP contribution in [0.25, 0.3) is 0 Å². The van der Waals surface area contributed by atoms with Crippen molar-refractivity contribution in [2.75, 3.05) is 73.4 Å². The van der Waals surface area contributed by atoms with Gasteiger partial charge >= 0.3 is 0 Å². The van der Waals surface area contributed by atoms with Crippen LogP contribution in [-0.4, -0.2) is 84.2 Å². The highest BCUT2D eigenvalue weighted by Crippen LogP contribution is 2.22. The average Bonchev–Trinajstić information content (AvgIpc) is 2.72. The van der Waals surface area contributed by atoms with Crippen LogP contribution in [0.2, 0.25) is 0 Å². The maximum Gasteiger partial charge on any atom is 0.191 e. The molecular weight excluding hydrogens is 490 g/mol. The normalized spacial score (nSPS) is 16.2. The first kappa shape index (κ1) is 26.0. The molecule has 1 atom stereocenters. The Bertz CT molecular complexity index is 589. The third kappa shape index (κ3) is 10.0. The van der Waals surface area contributed by atoms with Crippen LogP contribution in [0.5, 0.6) is 0 Å². The van der Waals surface area contributed by atoms with Gasteiger partial charge in [-0.25, -0.2) is 4.39 Å². The molecule has 1 aromatic rings. The van der Waals surface area contributed by atoms with Gasteiger partial charge in [0.05, 0.1) is 32.5 Å². The number of aliphatic imine (C=N–C) groups is 1. The van der Waals surface area contributed by atoms with Crippen molar-refractivity contribution in [1.29, 1.82) is 0 Å². The Morgan fingerprint density at radius 1 is 1.24 bits per heavy atom. The van der Waals surface area contributed by atoms with E-state index in [1.165, 1.54) is 6.07 Å². The van der Waals surface area contributed by atoms with Gasteiger partial charge < -0.3 is 24.8 Å². The predicted molar refractivity (Wildman–Crippen MR) is 124 cm³/mol. The zero-order valence-corrected chi connectivity index (χ0v) is 19.7. The van der Waals surface area contributed by atoms with E-state index in [1.54, 1.807) is 26.3 Å². The molecule has 0 amide bonds. The number of rotatable bonds is 11. The van der Waals surface area contributed by atoms with E-state index in [0.29, 0.717) is 39.6 Å². The van der Waals surface area contributed by atoms with Crippen molar-refractivity contribution < 1.29 is 18.6 Å². The van der Waals surface area contributed by atoms with Crippen LogP contribution in [-0.2, 0) is 14.2 Å². The summed E-state index contributed by atoms with van der Waals surface area (Å²) >= 11 is 0. The molecule has 1 heterocycles. The van der Waals surface area contributed by atoms with Crippen molar-refractivity contribution >= 4 is 29.9 Å². The first-order chi connectivity index (χ1) is 13.7. The molecule has 7 nitrogen and oxygen atoms in total. The summed E-state index contributed by atoms with van der Waals surface area (Å²) in [6.07, 6.45) is 0.876. The molecule has 1 aliphatic rings. The summed E-state index contributed by atoms with van der Waals surface area (Å²) in [5, 5.41) is 6.66. The van der Waals surface area contributed by atoms with Crippen molar-refractivity contribution in [3.8, 4) is 0 Å². The molecule has 2 N–H and O–H groups in total. The number of nitrogens with zero attached hydrogens (tertiary/aromatic N) is 2. The van der Waals surface area contributed by atoms with Crippen LogP contribution < -0.4 is 10.6 Å². The fourth-order valence-corrected chi connectivity index (χ4v) is 3.10. The number of ether oxygens (including phenoxy) is 3. The Morgan fingerprint density at radius 3 is 2.72 bits per heavy atom. The Hall–Kier alpha value is -1.01. The Labute approximate surface area is 190 Å². The highest BCUT2D eigenvalue weighted by atomic mass is 127. The van der Waals surface area contributed by atoms with E-state index in [2.05, 4.69) is 20.5 Å². The summed E-state index contributed by atoms with van der Waals surface area (Å²) in [6, 6.07) is 6.86. The van der Waals surface area contributed by atoms with E-state index in [1.807, 2.05) is 6.07 Å². The molecule has 0 radical (unpaired) electrons. The molecule has 1 aromatic carbocycles. The monoisotopic (exact) mass is 524 g/mol. The second-order valence-electron chi connectivity index (χ2n) is 6.56. The van der Waals surface area contributed by atoms with E-state index >= 15 is 0 Å². The Kier molecular flexibility index (Phi) is 14.2. The highest BCUT2D eigenvalue weighted by molar-refractivity contribution is 14.0. The Balaban J connectivity index is 0.00000420. The Morgan fingerprint density at radius 2 is 2.03 bits per heavy atom. The van der Waals surface area contributed by atoms with E-state index in [0.717, 1.165) is 37.6 Å². The lowest BCUT2D eigenvalue weighted by molar-refractivity contribution is 0.0169. The van der Waals surface area contributed by atoms with E-state index in [4.69, 9.17) is 14.2 Å². The highest BCUT2D eigenvalue weighted by Gasteiger charge is 2.23. The smallest absolute Gasteiger partial charge is 0.191 e. The van der Waals surface area contributed by atoms with Crippen LogP contribution in [0.4, 0.5) is 4.39 Å². The molecule has 1 unspecified atom stereocenters. The fraction of sp³-hybridized carbons (Fsp3) is 0.650. The van der Waals surface area contributed by atoms with Gasteiger partial charge in [-0.1, -0.05) is 12.1 Å². The number of hydrogen-bond acceptors (Lipinski definition) is 5. The minimum Gasteiger partial charge on any atom is -0.382 e. The van der Waals surface area contributed by atoms with Crippen LogP contribution >= 0.6 is 24.0 Å². The predicted octanol–water partition coefficient (Wildman–Crippen LogP) is 2.04. The van der Waals surface area contributed by atoms with Gasteiger partial charge in [0.1, 0.15) is 5.82 Å². The first-order valence-corrected chi connectivity index (χ1v) is 9.83. The number of guanidine groups is 1. The van der Waals surface area contributed by atoms with Gasteiger partial charge in [-0.2, -0.15) is 0 Å². The lowest BCUT2D eigenvalue weighted by Crippen LogP contribution is -2.46. The topological polar surface area (TPSA) is 67.4 Å². The lowest BCUT2D eigenvalue weighted by atomic mass is 10.0. The van der Waals surface area contributed by atoms with Crippen molar-refractivity contribution in [2.45, 2.75) is 12.5 Å². The van der Waals surface area contributed by atoms with Crippen molar-refractivity contribution in [3.05, 3.63) is 35.6 Å². The summed E-state index contributed by atoms with van der Waals surface area (Å²) in [4.78, 5) is 6.60. The molecule has 1 saturated heterocycles. The third-order valence-corrected chi connectivity index (χ3v) is 4.60. The minimum atomic E-state index is -0.216. The number of methoxy groups -OCH3 is 1. The molecule has 29 heavy (non-hydrogen) atoms. The van der Waals surface area contributed by atoms with E-state index in [-0.39, 0.29) is 35.8 Å². The van der Waals surface area contributed by atoms with Crippen molar-refractivity contribution in [1.82, 2.24) is 15.5 Å². The summed E-state index contributed by atoms with van der Waals surface area (Å²) in [7, 11) is 3.41. The zero-order valence-electron chi connectivity index (χ0n) is 17.4. The summed E-state index contributed by atoms with van der Waals surface area (Å²) < 4.78 is 29.6. The van der Waals surface area contributed by atoms with Gasteiger partial charge in [0.25, 0.3) is 0 Å². The summed E-state index contributed by atoms with van der Waals surface area (Å²) in [5.41, 5.74) is 0.955. The van der Waals surface area contributed by atoms with Gasteiger partial charge in [0, 0.05) is 46.9 Å². The molecule has 0 aliphatic carbocycles. The number of benzene rings is 1. The molecule has 1 aliphatic heterocycles. The quantitative estimate of drug-likeness (QED) is 0.200. The van der Waals surface area contributed by atoms with Crippen molar-refractivity contribution in [3.63, 3.8) is 0 Å². The standard InChI is InChI=1S/C20H33FN4O3.HI/c1-22-20(23-7-4-10-27-14-13-26-2)24-16-19(25-8-11-28-12-9-25)17-5-3-6-18(21)15-17;/h3,5-6,15,19H,4,7-14,16H2,1-2H3,(H2,22,23,24);1H. The number of nitrogens with one attached hydrogen (secondary N) is 2. The molecule has 2 rings (SSSR count). The van der Waals surface area contributed by atoms with Gasteiger partial charge in [-0.05, 0) is 24.1 Å². The van der Waals surface area contributed by atoms with Gasteiger partial charge in [-0.15, -0.1) is 24.0 Å². The first-order valence-electron chi connectivity index (χ1n) is 9.83. The molecule has 0 aromatic heterocycles. The minimum absolute atomic E-state index is 0. The number of morpholine rings is 1. The summed E-state index contributed by atoms with van der Waals surface area (Å²) in [5.74, 6) is 0.512. The zero-order chi connectivity index (χ0) is 20.0. The largest absolute Gasteiger partial charge is 0.382 e. The fourth-order valence-electron chi connectivity index (χ4n) is 3.10. The van der Waals surface area contributed by atoms with Gasteiger partial charge in [0.2, 0.25) is 0 Å². The van der Waals surface area contributed by atoms with Crippen molar-refractivity contribution in [2.24, 2.45) is 4.99 Å². The van der Waals surface area contributed by atoms with Crippen LogP contribution in [0, 0.1) is 5.82 Å². The molecular formula is C20H34FIN4O3. The van der Waals surface area contributed by atoms with Gasteiger partial charge in [0.15, 0.2) is 5.96 Å². The summed E-state index contributed by atoms with van der Waals surface area (Å²) in [6.45, 7) is 6.33. The molecule has 9 heteroatoms. The van der Waals surface area contributed by atoms with E-state index < -0.39 is 0 Å². The van der Waals surface area contributed by atoms with Crippen LogP contribution in [0.3, 0.4) is 0 Å². The van der Waals surface area contributed by atoms with Gasteiger partial charge in [-0.3, -0.25) is 9.89 Å². The molecule has 0 saturated carbocycles. The molecule has 0 spiro atoms. The molecule has 1 fully saturated rings.